The number of likely N-dealkylation sites (N-methyl/N-ethyl adjacent to an activating group) is 1. The molecule has 0 fully saturated rings. The highest BCUT2D eigenvalue weighted by Crippen LogP contribution is 2.33. The quantitative estimate of drug-likeness (QED) is 0.691. The summed E-state index contributed by atoms with van der Waals surface area (Å²) in [5.41, 5.74) is 4.34. The minimum absolute atomic E-state index is 0.181. The molecule has 2 heterocycles. The van der Waals surface area contributed by atoms with Crippen LogP contribution in [-0.4, -0.2) is 34.1 Å². The van der Waals surface area contributed by atoms with Crippen LogP contribution in [0.3, 0.4) is 0 Å². The summed E-state index contributed by atoms with van der Waals surface area (Å²) in [6.45, 7) is 7.10. The van der Waals surface area contributed by atoms with Gasteiger partial charge >= 0.3 is 5.69 Å². The van der Waals surface area contributed by atoms with E-state index in [1.165, 1.54) is 39.9 Å². The van der Waals surface area contributed by atoms with Crippen LogP contribution in [0.4, 0.5) is 0 Å². The number of aryl methyl sites for hydroxylation is 2. The third-order valence-corrected chi connectivity index (χ3v) is 6.80. The van der Waals surface area contributed by atoms with E-state index in [0.29, 0.717) is 23.3 Å². The third kappa shape index (κ3) is 3.47. The van der Waals surface area contributed by atoms with Crippen molar-refractivity contribution in [3.8, 4) is 11.1 Å². The number of fused-ring (bicyclic) bond motifs is 2. The molecule has 1 aliphatic carbocycles. The van der Waals surface area contributed by atoms with Crippen LogP contribution in [0.15, 0.2) is 33.2 Å². The molecule has 1 aliphatic rings. The van der Waals surface area contributed by atoms with Crippen molar-refractivity contribution in [1.82, 2.24) is 14.5 Å². The van der Waals surface area contributed by atoms with E-state index in [4.69, 9.17) is 0 Å². The Balaban J connectivity index is 1.78. The Morgan fingerprint density at radius 1 is 1.11 bits per heavy atom. The molecule has 1 N–H and O–H groups in total. The first-order valence-corrected chi connectivity index (χ1v) is 11.1. The molecule has 0 aliphatic heterocycles. The smallest absolute Gasteiger partial charge is 0.302 e. The van der Waals surface area contributed by atoms with E-state index >= 15 is 0 Å². The molecular weight excluding hydrogens is 370 g/mol. The fourth-order valence-corrected chi connectivity index (χ4v) is 5.10. The molecule has 0 bridgehead atoms. The lowest BCUT2D eigenvalue weighted by atomic mass is 9.89. The lowest BCUT2D eigenvalue weighted by molar-refractivity contribution is 0.287. The van der Waals surface area contributed by atoms with E-state index in [9.17, 15) is 9.59 Å². The van der Waals surface area contributed by atoms with Gasteiger partial charge < -0.3 is 4.90 Å². The summed E-state index contributed by atoms with van der Waals surface area (Å²) in [7, 11) is 0. The Morgan fingerprint density at radius 3 is 2.61 bits per heavy atom. The zero-order chi connectivity index (χ0) is 19.7. The average Bonchev–Trinajstić information content (AvgIpc) is 3.14. The van der Waals surface area contributed by atoms with Crippen molar-refractivity contribution in [2.24, 2.45) is 0 Å². The van der Waals surface area contributed by atoms with Crippen LogP contribution in [0, 0.1) is 0 Å². The van der Waals surface area contributed by atoms with E-state index in [2.05, 4.69) is 41.9 Å². The molecule has 1 aromatic carbocycles. The van der Waals surface area contributed by atoms with Gasteiger partial charge in [-0.25, -0.2) is 4.79 Å². The Morgan fingerprint density at radius 2 is 1.86 bits per heavy atom. The largest absolute Gasteiger partial charge is 0.329 e. The molecule has 0 unspecified atom stereocenters. The zero-order valence-electron chi connectivity index (χ0n) is 16.6. The van der Waals surface area contributed by atoms with Crippen LogP contribution in [0.2, 0.25) is 0 Å². The fourth-order valence-electron chi connectivity index (χ4n) is 4.15. The summed E-state index contributed by atoms with van der Waals surface area (Å²) in [5.74, 6) is 0. The molecule has 0 saturated heterocycles. The summed E-state index contributed by atoms with van der Waals surface area (Å²) in [6.07, 6.45) is 4.74. The molecule has 3 aromatic rings. The van der Waals surface area contributed by atoms with Crippen molar-refractivity contribution < 1.29 is 0 Å². The van der Waals surface area contributed by atoms with Crippen LogP contribution >= 0.6 is 11.3 Å². The number of hydrogen-bond acceptors (Lipinski definition) is 4. The number of nitrogens with one attached hydrogen (secondary N) is 1. The highest BCUT2D eigenvalue weighted by molar-refractivity contribution is 7.17. The molecule has 0 atom stereocenters. The molecule has 28 heavy (non-hydrogen) atoms. The second kappa shape index (κ2) is 8.05. The topological polar surface area (TPSA) is 58.1 Å². The predicted octanol–water partition coefficient (Wildman–Crippen LogP) is 3.64. The van der Waals surface area contributed by atoms with Crippen LogP contribution in [0.1, 0.15) is 37.8 Å². The minimum Gasteiger partial charge on any atom is -0.302 e. The maximum atomic E-state index is 13.2. The van der Waals surface area contributed by atoms with Gasteiger partial charge in [0.05, 0.1) is 5.39 Å². The maximum absolute atomic E-state index is 13.2. The number of aromatic nitrogens is 2. The number of H-pyrrole nitrogens is 1. The SMILES string of the molecule is CCN(CC)CCn1c(=O)[nH]c2scc(-c3ccc4c(c3)CCCC4)c2c1=O. The van der Waals surface area contributed by atoms with E-state index in [0.717, 1.165) is 37.1 Å². The van der Waals surface area contributed by atoms with Gasteiger partial charge in [0.1, 0.15) is 4.83 Å². The monoisotopic (exact) mass is 397 g/mol. The van der Waals surface area contributed by atoms with Crippen molar-refractivity contribution in [2.45, 2.75) is 46.1 Å². The van der Waals surface area contributed by atoms with Crippen LogP contribution < -0.4 is 11.2 Å². The summed E-state index contributed by atoms with van der Waals surface area (Å²) in [6, 6.07) is 6.56. The van der Waals surface area contributed by atoms with Crippen molar-refractivity contribution in [1.29, 1.82) is 0 Å². The molecule has 6 heteroatoms. The van der Waals surface area contributed by atoms with Gasteiger partial charge in [-0.3, -0.25) is 14.3 Å². The van der Waals surface area contributed by atoms with Crippen LogP contribution in [0.5, 0.6) is 0 Å². The lowest BCUT2D eigenvalue weighted by Gasteiger charge is -2.18. The first kappa shape index (κ1) is 19.2. The van der Waals surface area contributed by atoms with E-state index in [-0.39, 0.29) is 11.2 Å². The van der Waals surface area contributed by atoms with Crippen molar-refractivity contribution in [3.05, 3.63) is 55.5 Å². The Bertz CT molecular complexity index is 1110. The second-order valence-corrected chi connectivity index (χ2v) is 8.34. The normalized spacial score (nSPS) is 14.0. The average molecular weight is 398 g/mol. The molecule has 0 spiro atoms. The second-order valence-electron chi connectivity index (χ2n) is 7.46. The molecule has 0 radical (unpaired) electrons. The van der Waals surface area contributed by atoms with Crippen molar-refractivity contribution in [2.75, 3.05) is 19.6 Å². The van der Waals surface area contributed by atoms with Gasteiger partial charge in [0.25, 0.3) is 5.56 Å². The van der Waals surface area contributed by atoms with Gasteiger partial charge in [-0.2, -0.15) is 0 Å². The van der Waals surface area contributed by atoms with E-state index in [1.54, 1.807) is 0 Å². The van der Waals surface area contributed by atoms with Gasteiger partial charge in [-0.1, -0.05) is 32.0 Å². The van der Waals surface area contributed by atoms with Crippen LogP contribution in [0.25, 0.3) is 21.3 Å². The summed E-state index contributed by atoms with van der Waals surface area (Å²) in [4.78, 5) is 31.5. The fraction of sp³-hybridized carbons (Fsp3) is 0.455. The minimum atomic E-state index is -0.316. The number of rotatable bonds is 6. The number of aromatic amines is 1. The van der Waals surface area contributed by atoms with Gasteiger partial charge in [0.15, 0.2) is 0 Å². The molecule has 2 aromatic heterocycles. The highest BCUT2D eigenvalue weighted by Gasteiger charge is 2.17. The van der Waals surface area contributed by atoms with Crippen molar-refractivity contribution >= 4 is 21.6 Å². The molecular formula is C22H27N3O2S. The highest BCUT2D eigenvalue weighted by atomic mass is 32.1. The summed E-state index contributed by atoms with van der Waals surface area (Å²) >= 11 is 1.44. The standard InChI is InChI=1S/C22H27N3O2S/c1-3-24(4-2)11-12-25-21(26)19-18(14-28-20(19)23-22(25)27)17-10-9-15-7-5-6-8-16(15)13-17/h9-10,13-14H,3-8,11-12H2,1-2H3,(H,23,27). The van der Waals surface area contributed by atoms with Gasteiger partial charge in [-0.15, -0.1) is 11.3 Å². The summed E-state index contributed by atoms with van der Waals surface area (Å²) in [5, 5.41) is 2.64. The van der Waals surface area contributed by atoms with Crippen LogP contribution in [-0.2, 0) is 19.4 Å². The lowest BCUT2D eigenvalue weighted by Crippen LogP contribution is -2.39. The Labute approximate surface area is 168 Å². The van der Waals surface area contributed by atoms with Gasteiger partial charge in [0, 0.05) is 24.0 Å². The third-order valence-electron chi connectivity index (χ3n) is 5.91. The van der Waals surface area contributed by atoms with E-state index in [1.807, 2.05) is 5.38 Å². The predicted molar refractivity (Wildman–Crippen MR) is 117 cm³/mol. The molecule has 148 valence electrons. The first-order chi connectivity index (χ1) is 13.6. The maximum Gasteiger partial charge on any atom is 0.329 e. The molecule has 4 rings (SSSR count). The molecule has 5 nitrogen and oxygen atoms in total. The number of nitrogens with zero attached hydrogens (tertiary/aromatic N) is 2. The Kier molecular flexibility index (Phi) is 5.51. The van der Waals surface area contributed by atoms with Gasteiger partial charge in [0.2, 0.25) is 0 Å². The van der Waals surface area contributed by atoms with E-state index < -0.39 is 0 Å². The number of hydrogen-bond donors (Lipinski definition) is 1. The zero-order valence-corrected chi connectivity index (χ0v) is 17.4. The molecule has 0 saturated carbocycles. The number of benzene rings is 1. The number of thiophene rings is 1. The summed E-state index contributed by atoms with van der Waals surface area (Å²) < 4.78 is 1.36. The van der Waals surface area contributed by atoms with Gasteiger partial charge in [-0.05, 0) is 55.5 Å². The Hall–Kier alpha value is -2.18. The van der Waals surface area contributed by atoms with Crippen molar-refractivity contribution in [3.63, 3.8) is 0 Å². The first-order valence-electron chi connectivity index (χ1n) is 10.2. The molecule has 0 amide bonds.